The van der Waals surface area contributed by atoms with E-state index in [-0.39, 0.29) is 6.54 Å². The van der Waals surface area contributed by atoms with Gasteiger partial charge in [-0.25, -0.2) is 4.79 Å². The molecule has 6 nitrogen and oxygen atoms in total. The van der Waals surface area contributed by atoms with Crippen molar-refractivity contribution in [3.8, 4) is 0 Å². The zero-order valence-electron chi connectivity index (χ0n) is 7.32. The summed E-state index contributed by atoms with van der Waals surface area (Å²) in [5.41, 5.74) is 0. The zero-order chi connectivity index (χ0) is 9.84. The van der Waals surface area contributed by atoms with Gasteiger partial charge < -0.3 is 20.1 Å². The van der Waals surface area contributed by atoms with Crippen molar-refractivity contribution < 1.29 is 19.4 Å². The molecule has 0 saturated carbocycles. The van der Waals surface area contributed by atoms with E-state index in [9.17, 15) is 9.59 Å². The van der Waals surface area contributed by atoms with Crippen molar-refractivity contribution in [2.45, 2.75) is 6.04 Å². The first kappa shape index (κ1) is 9.79. The number of hydrogen-bond donors (Lipinski definition) is 2. The SMILES string of the molecule is COC(=O)[C@H]1CN(C(=O)O)CCN1. The third-order valence-corrected chi connectivity index (χ3v) is 1.93. The Morgan fingerprint density at radius 1 is 1.62 bits per heavy atom. The van der Waals surface area contributed by atoms with E-state index in [2.05, 4.69) is 10.1 Å². The molecular weight excluding hydrogens is 176 g/mol. The summed E-state index contributed by atoms with van der Waals surface area (Å²) in [6, 6.07) is -0.533. The highest BCUT2D eigenvalue weighted by atomic mass is 16.5. The maximum Gasteiger partial charge on any atom is 0.407 e. The lowest BCUT2D eigenvalue weighted by molar-refractivity contribution is -0.144. The Hall–Kier alpha value is -1.30. The van der Waals surface area contributed by atoms with Crippen molar-refractivity contribution in [1.82, 2.24) is 10.2 Å². The van der Waals surface area contributed by atoms with Crippen LogP contribution in [0.15, 0.2) is 0 Å². The second-order valence-corrected chi connectivity index (χ2v) is 2.76. The first-order chi connectivity index (χ1) is 6.15. The van der Waals surface area contributed by atoms with E-state index in [1.165, 1.54) is 12.0 Å². The fourth-order valence-corrected chi connectivity index (χ4v) is 1.22. The Morgan fingerprint density at radius 3 is 2.85 bits per heavy atom. The molecule has 0 aromatic carbocycles. The van der Waals surface area contributed by atoms with E-state index in [1.807, 2.05) is 0 Å². The van der Waals surface area contributed by atoms with E-state index in [0.29, 0.717) is 13.1 Å². The number of amides is 1. The van der Waals surface area contributed by atoms with Crippen LogP contribution in [-0.2, 0) is 9.53 Å². The first-order valence-corrected chi connectivity index (χ1v) is 3.94. The number of esters is 1. The Bertz CT molecular complexity index is 219. The summed E-state index contributed by atoms with van der Waals surface area (Å²) < 4.78 is 4.50. The highest BCUT2D eigenvalue weighted by molar-refractivity contribution is 5.77. The minimum absolute atomic E-state index is 0.155. The molecule has 13 heavy (non-hydrogen) atoms. The quantitative estimate of drug-likeness (QED) is 0.522. The average molecular weight is 188 g/mol. The van der Waals surface area contributed by atoms with E-state index in [0.717, 1.165) is 0 Å². The molecule has 1 amide bonds. The maximum absolute atomic E-state index is 11.0. The van der Waals surface area contributed by atoms with Gasteiger partial charge in [-0.2, -0.15) is 0 Å². The van der Waals surface area contributed by atoms with Gasteiger partial charge in [0.15, 0.2) is 0 Å². The molecule has 1 saturated heterocycles. The van der Waals surface area contributed by atoms with E-state index < -0.39 is 18.1 Å². The number of carboxylic acid groups (broad SMARTS) is 1. The lowest BCUT2D eigenvalue weighted by Gasteiger charge is -2.29. The van der Waals surface area contributed by atoms with Crippen LogP contribution in [0.2, 0.25) is 0 Å². The van der Waals surface area contributed by atoms with Crippen LogP contribution in [0.4, 0.5) is 4.79 Å². The Labute approximate surface area is 75.5 Å². The predicted molar refractivity (Wildman–Crippen MR) is 43.4 cm³/mol. The molecule has 0 radical (unpaired) electrons. The van der Waals surface area contributed by atoms with Crippen LogP contribution < -0.4 is 5.32 Å². The number of nitrogens with one attached hydrogen (secondary N) is 1. The Morgan fingerprint density at radius 2 is 2.31 bits per heavy atom. The molecule has 1 fully saturated rings. The minimum atomic E-state index is -1.00. The lowest BCUT2D eigenvalue weighted by atomic mass is 10.2. The smallest absolute Gasteiger partial charge is 0.407 e. The van der Waals surface area contributed by atoms with Crippen LogP contribution >= 0.6 is 0 Å². The largest absolute Gasteiger partial charge is 0.468 e. The van der Waals surface area contributed by atoms with Gasteiger partial charge in [0.25, 0.3) is 0 Å². The van der Waals surface area contributed by atoms with Gasteiger partial charge >= 0.3 is 12.1 Å². The number of piperazine rings is 1. The third kappa shape index (κ3) is 2.32. The second-order valence-electron chi connectivity index (χ2n) is 2.76. The van der Waals surface area contributed by atoms with Crippen LogP contribution in [0.25, 0.3) is 0 Å². The highest BCUT2D eigenvalue weighted by Crippen LogP contribution is 2.00. The van der Waals surface area contributed by atoms with Crippen LogP contribution in [0.1, 0.15) is 0 Å². The number of methoxy groups -OCH3 is 1. The molecular formula is C7H12N2O4. The monoisotopic (exact) mass is 188 g/mol. The molecule has 0 aromatic rings. The summed E-state index contributed by atoms with van der Waals surface area (Å²) in [6.07, 6.45) is -1.00. The summed E-state index contributed by atoms with van der Waals surface area (Å²) in [5, 5.41) is 11.5. The third-order valence-electron chi connectivity index (χ3n) is 1.93. The molecule has 0 aromatic heterocycles. The highest BCUT2D eigenvalue weighted by Gasteiger charge is 2.28. The molecule has 0 spiro atoms. The first-order valence-electron chi connectivity index (χ1n) is 3.94. The Balaban J connectivity index is 2.51. The van der Waals surface area contributed by atoms with E-state index >= 15 is 0 Å². The summed E-state index contributed by atoms with van der Waals surface area (Å²) in [6.45, 7) is 1.04. The molecule has 1 atom stereocenters. The molecule has 74 valence electrons. The topological polar surface area (TPSA) is 78.9 Å². The molecule has 0 aliphatic carbocycles. The predicted octanol–water partition coefficient (Wildman–Crippen LogP) is -0.889. The van der Waals surface area contributed by atoms with Crippen molar-refractivity contribution in [3.05, 3.63) is 0 Å². The Kier molecular flexibility index (Phi) is 3.07. The van der Waals surface area contributed by atoms with E-state index in [1.54, 1.807) is 0 Å². The fourth-order valence-electron chi connectivity index (χ4n) is 1.22. The minimum Gasteiger partial charge on any atom is -0.468 e. The lowest BCUT2D eigenvalue weighted by Crippen LogP contribution is -2.55. The standard InChI is InChI=1S/C7H12N2O4/c1-13-6(10)5-4-9(7(11)12)3-2-8-5/h5,8H,2-4H2,1H3,(H,11,12)/t5-/m1/s1. The number of carbonyl (C=O) groups excluding carboxylic acids is 1. The molecule has 1 rings (SSSR count). The number of carbonyl (C=O) groups is 2. The molecule has 6 heteroatoms. The van der Waals surface area contributed by atoms with Crippen molar-refractivity contribution in [2.24, 2.45) is 0 Å². The van der Waals surface area contributed by atoms with Crippen LogP contribution in [0.5, 0.6) is 0 Å². The van der Waals surface area contributed by atoms with Gasteiger partial charge in [0.05, 0.1) is 13.7 Å². The second kappa shape index (κ2) is 4.08. The summed E-state index contributed by atoms with van der Waals surface area (Å²) in [7, 11) is 1.28. The molecule has 1 heterocycles. The van der Waals surface area contributed by atoms with Crippen LogP contribution in [0.3, 0.4) is 0 Å². The molecule has 1 aliphatic heterocycles. The maximum atomic E-state index is 11.0. The molecule has 0 bridgehead atoms. The van der Waals surface area contributed by atoms with Crippen molar-refractivity contribution in [1.29, 1.82) is 0 Å². The number of nitrogens with zero attached hydrogens (tertiary/aromatic N) is 1. The van der Waals surface area contributed by atoms with Gasteiger partial charge in [0.2, 0.25) is 0 Å². The van der Waals surface area contributed by atoms with Gasteiger partial charge in [-0.1, -0.05) is 0 Å². The van der Waals surface area contributed by atoms with Crippen molar-refractivity contribution >= 4 is 12.1 Å². The van der Waals surface area contributed by atoms with Gasteiger partial charge in [-0.05, 0) is 0 Å². The summed E-state index contributed by atoms with van der Waals surface area (Å²) in [5.74, 6) is -0.425. The number of hydrogen-bond acceptors (Lipinski definition) is 4. The van der Waals surface area contributed by atoms with Gasteiger partial charge in [0.1, 0.15) is 6.04 Å². The summed E-state index contributed by atoms with van der Waals surface area (Å²) in [4.78, 5) is 22.8. The molecule has 1 aliphatic rings. The van der Waals surface area contributed by atoms with Crippen molar-refractivity contribution in [2.75, 3.05) is 26.7 Å². The summed E-state index contributed by atoms with van der Waals surface area (Å²) >= 11 is 0. The molecule has 2 N–H and O–H groups in total. The van der Waals surface area contributed by atoms with Crippen LogP contribution in [-0.4, -0.2) is 54.9 Å². The van der Waals surface area contributed by atoms with E-state index in [4.69, 9.17) is 5.11 Å². The number of rotatable bonds is 1. The normalized spacial score (nSPS) is 22.5. The van der Waals surface area contributed by atoms with Gasteiger partial charge in [-0.15, -0.1) is 0 Å². The van der Waals surface area contributed by atoms with Crippen LogP contribution in [0, 0.1) is 0 Å². The van der Waals surface area contributed by atoms with Crippen molar-refractivity contribution in [3.63, 3.8) is 0 Å². The average Bonchev–Trinajstić information content (AvgIpc) is 2.17. The number of ether oxygens (including phenoxy) is 1. The van der Waals surface area contributed by atoms with Gasteiger partial charge in [0, 0.05) is 13.1 Å². The van der Waals surface area contributed by atoms with Gasteiger partial charge in [-0.3, -0.25) is 4.79 Å². The molecule has 0 unspecified atom stereocenters. The fraction of sp³-hybridized carbons (Fsp3) is 0.714. The zero-order valence-corrected chi connectivity index (χ0v) is 7.32.